The summed E-state index contributed by atoms with van der Waals surface area (Å²) in [5.74, 6) is 2.03. The van der Waals surface area contributed by atoms with Crippen molar-refractivity contribution in [1.82, 2.24) is 4.98 Å². The van der Waals surface area contributed by atoms with Crippen molar-refractivity contribution < 1.29 is 0 Å². The molecule has 0 aliphatic heterocycles. The summed E-state index contributed by atoms with van der Waals surface area (Å²) in [7, 11) is 0. The number of nitrogens with zero attached hydrogens (tertiary/aromatic N) is 2. The van der Waals surface area contributed by atoms with Crippen LogP contribution in [0, 0.1) is 0 Å². The lowest BCUT2D eigenvalue weighted by atomic mass is 10.3. The highest BCUT2D eigenvalue weighted by Crippen LogP contribution is 2.14. The normalized spacial score (nSPS) is 10.1. The molecule has 0 aliphatic carbocycles. The molecule has 1 rings (SSSR count). The third-order valence-electron chi connectivity index (χ3n) is 2.29. The van der Waals surface area contributed by atoms with Gasteiger partial charge < -0.3 is 10.2 Å². The van der Waals surface area contributed by atoms with E-state index in [1.54, 1.807) is 0 Å². The largest absolute Gasteiger partial charge is 0.370 e. The van der Waals surface area contributed by atoms with Crippen molar-refractivity contribution in [1.29, 1.82) is 0 Å². The van der Waals surface area contributed by atoms with Gasteiger partial charge in [-0.3, -0.25) is 0 Å². The third-order valence-corrected chi connectivity index (χ3v) is 2.29. The molecule has 0 aliphatic rings. The van der Waals surface area contributed by atoms with E-state index in [0.717, 1.165) is 37.7 Å². The average Bonchev–Trinajstić information content (AvgIpc) is 2.27. The Morgan fingerprint density at radius 3 is 2.67 bits per heavy atom. The molecule has 0 bridgehead atoms. The molecule has 3 heteroatoms. The Hall–Kier alpha value is -1.25. The maximum atomic E-state index is 4.57. The SMILES string of the molecule is CCCN(CC)c1cccc(NCC)n1. The Kier molecular flexibility index (Phi) is 4.95. The van der Waals surface area contributed by atoms with Gasteiger partial charge >= 0.3 is 0 Å². The first-order valence-electron chi connectivity index (χ1n) is 5.77. The number of aromatic nitrogens is 1. The van der Waals surface area contributed by atoms with Crippen LogP contribution in [0.4, 0.5) is 11.6 Å². The van der Waals surface area contributed by atoms with Crippen molar-refractivity contribution >= 4 is 11.6 Å². The maximum Gasteiger partial charge on any atom is 0.130 e. The lowest BCUT2D eigenvalue weighted by molar-refractivity contribution is 0.779. The van der Waals surface area contributed by atoms with Crippen LogP contribution in [-0.2, 0) is 0 Å². The number of nitrogens with one attached hydrogen (secondary N) is 1. The molecular formula is C12H21N3. The summed E-state index contributed by atoms with van der Waals surface area (Å²) in [6.45, 7) is 9.43. The molecule has 1 heterocycles. The number of rotatable bonds is 6. The molecule has 0 spiro atoms. The molecule has 0 amide bonds. The second-order valence-electron chi connectivity index (χ2n) is 3.49. The van der Waals surface area contributed by atoms with E-state index < -0.39 is 0 Å². The van der Waals surface area contributed by atoms with Crippen LogP contribution in [0.3, 0.4) is 0 Å². The molecule has 0 aromatic carbocycles. The first kappa shape index (κ1) is 11.8. The van der Waals surface area contributed by atoms with Crippen LogP contribution in [0.25, 0.3) is 0 Å². The summed E-state index contributed by atoms with van der Waals surface area (Å²) in [6, 6.07) is 6.13. The smallest absolute Gasteiger partial charge is 0.130 e. The monoisotopic (exact) mass is 207 g/mol. The van der Waals surface area contributed by atoms with Crippen molar-refractivity contribution in [3.8, 4) is 0 Å². The second kappa shape index (κ2) is 6.27. The van der Waals surface area contributed by atoms with Gasteiger partial charge in [-0.15, -0.1) is 0 Å². The fourth-order valence-corrected chi connectivity index (χ4v) is 1.58. The van der Waals surface area contributed by atoms with Crippen molar-refractivity contribution in [2.45, 2.75) is 27.2 Å². The maximum absolute atomic E-state index is 4.57. The second-order valence-corrected chi connectivity index (χ2v) is 3.49. The van der Waals surface area contributed by atoms with Gasteiger partial charge in [0.05, 0.1) is 0 Å². The quantitative estimate of drug-likeness (QED) is 0.777. The molecule has 84 valence electrons. The number of pyridine rings is 1. The fourth-order valence-electron chi connectivity index (χ4n) is 1.58. The molecule has 0 fully saturated rings. The van der Waals surface area contributed by atoms with Gasteiger partial charge in [0.1, 0.15) is 11.6 Å². The summed E-state index contributed by atoms with van der Waals surface area (Å²) in [6.07, 6.45) is 1.15. The van der Waals surface area contributed by atoms with E-state index in [1.807, 2.05) is 6.07 Å². The van der Waals surface area contributed by atoms with Crippen LogP contribution in [-0.4, -0.2) is 24.6 Å². The van der Waals surface area contributed by atoms with E-state index >= 15 is 0 Å². The highest BCUT2D eigenvalue weighted by atomic mass is 15.2. The zero-order valence-corrected chi connectivity index (χ0v) is 9.95. The molecular weight excluding hydrogens is 186 g/mol. The van der Waals surface area contributed by atoms with Gasteiger partial charge in [0.25, 0.3) is 0 Å². The van der Waals surface area contributed by atoms with Gasteiger partial charge in [-0.2, -0.15) is 0 Å². The van der Waals surface area contributed by atoms with Crippen molar-refractivity contribution in [3.63, 3.8) is 0 Å². The Balaban J connectivity index is 2.77. The van der Waals surface area contributed by atoms with E-state index in [2.05, 4.69) is 48.1 Å². The first-order valence-corrected chi connectivity index (χ1v) is 5.77. The summed E-state index contributed by atoms with van der Waals surface area (Å²) in [4.78, 5) is 6.86. The molecule has 0 saturated heterocycles. The summed E-state index contributed by atoms with van der Waals surface area (Å²) in [5, 5.41) is 3.23. The number of hydrogen-bond donors (Lipinski definition) is 1. The van der Waals surface area contributed by atoms with Gasteiger partial charge in [-0.25, -0.2) is 4.98 Å². The summed E-state index contributed by atoms with van der Waals surface area (Å²) < 4.78 is 0. The third kappa shape index (κ3) is 3.42. The van der Waals surface area contributed by atoms with E-state index in [1.165, 1.54) is 0 Å². The molecule has 1 aromatic rings. The molecule has 3 nitrogen and oxygen atoms in total. The van der Waals surface area contributed by atoms with Crippen molar-refractivity contribution in [2.24, 2.45) is 0 Å². The van der Waals surface area contributed by atoms with Gasteiger partial charge in [-0.05, 0) is 32.4 Å². The highest BCUT2D eigenvalue weighted by molar-refractivity contribution is 5.46. The molecule has 15 heavy (non-hydrogen) atoms. The minimum absolute atomic E-state index is 0.913. The van der Waals surface area contributed by atoms with Gasteiger partial charge in [0.15, 0.2) is 0 Å². The zero-order valence-electron chi connectivity index (χ0n) is 9.95. The van der Waals surface area contributed by atoms with E-state index in [-0.39, 0.29) is 0 Å². The van der Waals surface area contributed by atoms with Crippen LogP contribution in [0.5, 0.6) is 0 Å². The standard InChI is InChI=1S/C12H21N3/c1-4-10-15(6-3)12-9-7-8-11(14-12)13-5-2/h7-9H,4-6,10H2,1-3H3,(H,13,14). The van der Waals surface area contributed by atoms with E-state index in [0.29, 0.717) is 0 Å². The number of hydrogen-bond acceptors (Lipinski definition) is 3. The van der Waals surface area contributed by atoms with E-state index in [9.17, 15) is 0 Å². The average molecular weight is 207 g/mol. The topological polar surface area (TPSA) is 28.2 Å². The Morgan fingerprint density at radius 1 is 1.27 bits per heavy atom. The predicted molar refractivity (Wildman–Crippen MR) is 66.6 cm³/mol. The highest BCUT2D eigenvalue weighted by Gasteiger charge is 2.04. The Morgan fingerprint density at radius 2 is 2.07 bits per heavy atom. The van der Waals surface area contributed by atoms with Crippen LogP contribution in [0.15, 0.2) is 18.2 Å². The lowest BCUT2D eigenvalue weighted by Gasteiger charge is -2.21. The first-order chi connectivity index (χ1) is 7.31. The molecule has 0 unspecified atom stereocenters. The Bertz CT molecular complexity index is 286. The van der Waals surface area contributed by atoms with Crippen LogP contribution in [0.1, 0.15) is 27.2 Å². The minimum atomic E-state index is 0.913. The molecule has 0 saturated carbocycles. The molecule has 1 aromatic heterocycles. The molecule has 0 radical (unpaired) electrons. The van der Waals surface area contributed by atoms with Crippen molar-refractivity contribution in [3.05, 3.63) is 18.2 Å². The zero-order chi connectivity index (χ0) is 11.1. The molecule has 1 N–H and O–H groups in total. The van der Waals surface area contributed by atoms with Gasteiger partial charge in [0.2, 0.25) is 0 Å². The van der Waals surface area contributed by atoms with Crippen LogP contribution >= 0.6 is 0 Å². The number of anilines is 2. The van der Waals surface area contributed by atoms with Crippen molar-refractivity contribution in [2.75, 3.05) is 29.9 Å². The minimum Gasteiger partial charge on any atom is -0.370 e. The molecule has 0 atom stereocenters. The van der Waals surface area contributed by atoms with Crippen LogP contribution < -0.4 is 10.2 Å². The van der Waals surface area contributed by atoms with Gasteiger partial charge in [0, 0.05) is 19.6 Å². The lowest BCUT2D eigenvalue weighted by Crippen LogP contribution is -2.24. The van der Waals surface area contributed by atoms with E-state index in [4.69, 9.17) is 0 Å². The fraction of sp³-hybridized carbons (Fsp3) is 0.583. The summed E-state index contributed by atoms with van der Waals surface area (Å²) >= 11 is 0. The Labute approximate surface area is 92.5 Å². The summed E-state index contributed by atoms with van der Waals surface area (Å²) in [5.41, 5.74) is 0. The van der Waals surface area contributed by atoms with Gasteiger partial charge in [-0.1, -0.05) is 13.0 Å². The van der Waals surface area contributed by atoms with Crippen LogP contribution in [0.2, 0.25) is 0 Å². The predicted octanol–water partition coefficient (Wildman–Crippen LogP) is 2.75.